The van der Waals surface area contributed by atoms with E-state index in [1.807, 2.05) is 18.2 Å². The van der Waals surface area contributed by atoms with Crippen LogP contribution in [0.1, 0.15) is 22.8 Å². The summed E-state index contributed by atoms with van der Waals surface area (Å²) in [6.07, 6.45) is 4.07. The van der Waals surface area contributed by atoms with Crippen LogP contribution in [0.2, 0.25) is 0 Å². The fourth-order valence-electron chi connectivity index (χ4n) is 2.48. The zero-order valence-electron chi connectivity index (χ0n) is 13.8. The van der Waals surface area contributed by atoms with E-state index >= 15 is 0 Å². The summed E-state index contributed by atoms with van der Waals surface area (Å²) >= 11 is 0. The number of rotatable bonds is 5. The molecular weight excluding hydrogens is 317 g/mol. The number of nitrogens with one attached hydrogen (secondary N) is 2. The van der Waals surface area contributed by atoms with Crippen LogP contribution in [0.25, 0.3) is 0 Å². The molecule has 126 valence electrons. The molecule has 1 amide bonds. The Morgan fingerprint density at radius 2 is 1.80 bits per heavy atom. The number of para-hydroxylation sites is 1. The number of amides is 1. The highest BCUT2D eigenvalue weighted by molar-refractivity contribution is 6.04. The molecule has 25 heavy (non-hydrogen) atoms. The maximum absolute atomic E-state index is 12.9. The maximum Gasteiger partial charge on any atom is 0.257 e. The van der Waals surface area contributed by atoms with Crippen molar-refractivity contribution in [1.82, 2.24) is 4.98 Å². The Hall–Kier alpha value is -3.21. The minimum Gasteiger partial charge on any atom is -0.354 e. The molecule has 0 aliphatic rings. The molecule has 0 atom stereocenters. The molecule has 5 heteroatoms. The number of anilines is 3. The van der Waals surface area contributed by atoms with Gasteiger partial charge in [0.1, 0.15) is 5.82 Å². The summed E-state index contributed by atoms with van der Waals surface area (Å²) in [7, 11) is 0. The maximum atomic E-state index is 12.9. The van der Waals surface area contributed by atoms with Gasteiger partial charge in [0.05, 0.1) is 17.4 Å². The lowest BCUT2D eigenvalue weighted by Gasteiger charge is -2.11. The molecule has 1 heterocycles. The largest absolute Gasteiger partial charge is 0.354 e. The van der Waals surface area contributed by atoms with Gasteiger partial charge in [-0.2, -0.15) is 0 Å². The molecule has 0 spiro atoms. The van der Waals surface area contributed by atoms with E-state index in [1.165, 1.54) is 36.0 Å². The third-order valence-corrected chi connectivity index (χ3v) is 3.78. The van der Waals surface area contributed by atoms with E-state index in [0.29, 0.717) is 11.3 Å². The number of aryl methyl sites for hydroxylation is 1. The summed E-state index contributed by atoms with van der Waals surface area (Å²) < 4.78 is 12.9. The Morgan fingerprint density at radius 3 is 2.56 bits per heavy atom. The zero-order chi connectivity index (χ0) is 17.6. The molecule has 3 rings (SSSR count). The Balaban J connectivity index is 1.76. The molecule has 2 aromatic carbocycles. The Kier molecular flexibility index (Phi) is 5.04. The number of benzene rings is 2. The molecule has 0 radical (unpaired) electrons. The fourth-order valence-corrected chi connectivity index (χ4v) is 2.48. The van der Waals surface area contributed by atoms with Crippen molar-refractivity contribution in [3.8, 4) is 0 Å². The van der Waals surface area contributed by atoms with Gasteiger partial charge < -0.3 is 10.6 Å². The summed E-state index contributed by atoms with van der Waals surface area (Å²) in [5, 5.41) is 6.02. The monoisotopic (exact) mass is 335 g/mol. The van der Waals surface area contributed by atoms with Crippen LogP contribution in [0.4, 0.5) is 21.5 Å². The Bertz CT molecular complexity index is 878. The molecule has 0 saturated heterocycles. The quantitative estimate of drug-likeness (QED) is 0.705. The number of halogens is 1. The average molecular weight is 335 g/mol. The first kappa shape index (κ1) is 16.6. The van der Waals surface area contributed by atoms with Gasteiger partial charge in [0.15, 0.2) is 0 Å². The Morgan fingerprint density at radius 1 is 1.04 bits per heavy atom. The number of aromatic nitrogens is 1. The standard InChI is InChI=1S/C20H18FN3O/c1-2-14-5-3-4-6-19(14)23-18-11-15(12-22-13-18)20(25)24-17-9-7-16(21)8-10-17/h3-13,23H,2H2,1H3,(H,24,25). The van der Waals surface area contributed by atoms with Crippen molar-refractivity contribution >= 4 is 23.0 Å². The predicted molar refractivity (Wildman–Crippen MR) is 97.7 cm³/mol. The molecule has 0 aliphatic heterocycles. The second-order valence-corrected chi connectivity index (χ2v) is 5.56. The van der Waals surface area contributed by atoms with Crippen molar-refractivity contribution in [1.29, 1.82) is 0 Å². The van der Waals surface area contributed by atoms with Crippen LogP contribution < -0.4 is 10.6 Å². The number of hydrogen-bond donors (Lipinski definition) is 2. The lowest BCUT2D eigenvalue weighted by molar-refractivity contribution is 0.102. The minimum atomic E-state index is -0.347. The van der Waals surface area contributed by atoms with Gasteiger partial charge in [-0.3, -0.25) is 9.78 Å². The van der Waals surface area contributed by atoms with Crippen LogP contribution >= 0.6 is 0 Å². The van der Waals surface area contributed by atoms with Gasteiger partial charge in [0, 0.05) is 17.6 Å². The van der Waals surface area contributed by atoms with Crippen LogP contribution in [0.15, 0.2) is 67.0 Å². The van der Waals surface area contributed by atoms with Gasteiger partial charge in [-0.05, 0) is 48.4 Å². The van der Waals surface area contributed by atoms with Gasteiger partial charge >= 0.3 is 0 Å². The summed E-state index contributed by atoms with van der Waals surface area (Å²) in [5.41, 5.74) is 3.85. The first-order valence-corrected chi connectivity index (χ1v) is 8.02. The topological polar surface area (TPSA) is 54.0 Å². The van der Waals surface area contributed by atoms with Gasteiger partial charge in [-0.1, -0.05) is 25.1 Å². The summed E-state index contributed by atoms with van der Waals surface area (Å²) in [4.78, 5) is 16.5. The highest BCUT2D eigenvalue weighted by Gasteiger charge is 2.09. The molecule has 0 fully saturated rings. The van der Waals surface area contributed by atoms with Crippen LogP contribution in [-0.2, 0) is 6.42 Å². The number of carbonyl (C=O) groups is 1. The van der Waals surface area contributed by atoms with Gasteiger partial charge in [0.2, 0.25) is 0 Å². The molecule has 0 saturated carbocycles. The van der Waals surface area contributed by atoms with Gasteiger partial charge in [-0.25, -0.2) is 4.39 Å². The van der Waals surface area contributed by atoms with E-state index in [0.717, 1.165) is 17.8 Å². The molecule has 3 aromatic rings. The molecule has 0 bridgehead atoms. The summed E-state index contributed by atoms with van der Waals surface area (Å²) in [6, 6.07) is 15.4. The normalized spacial score (nSPS) is 10.3. The second kappa shape index (κ2) is 7.57. The third kappa shape index (κ3) is 4.20. The molecule has 2 N–H and O–H groups in total. The van der Waals surface area contributed by atoms with E-state index in [9.17, 15) is 9.18 Å². The highest BCUT2D eigenvalue weighted by atomic mass is 19.1. The molecule has 1 aromatic heterocycles. The summed E-state index contributed by atoms with van der Waals surface area (Å²) in [6.45, 7) is 2.09. The van der Waals surface area contributed by atoms with Crippen molar-refractivity contribution in [3.05, 3.63) is 83.9 Å². The predicted octanol–water partition coefficient (Wildman–Crippen LogP) is 4.78. The fraction of sp³-hybridized carbons (Fsp3) is 0.100. The van der Waals surface area contributed by atoms with Crippen molar-refractivity contribution in [2.24, 2.45) is 0 Å². The van der Waals surface area contributed by atoms with Crippen LogP contribution in [-0.4, -0.2) is 10.9 Å². The third-order valence-electron chi connectivity index (χ3n) is 3.78. The highest BCUT2D eigenvalue weighted by Crippen LogP contribution is 2.21. The number of hydrogen-bond acceptors (Lipinski definition) is 3. The van der Waals surface area contributed by atoms with Crippen LogP contribution in [0, 0.1) is 5.82 Å². The lowest BCUT2D eigenvalue weighted by Crippen LogP contribution is -2.12. The second-order valence-electron chi connectivity index (χ2n) is 5.56. The molecule has 0 aliphatic carbocycles. The van der Waals surface area contributed by atoms with Gasteiger partial charge in [-0.15, -0.1) is 0 Å². The SMILES string of the molecule is CCc1ccccc1Nc1cncc(C(=O)Nc2ccc(F)cc2)c1. The number of nitrogens with zero attached hydrogens (tertiary/aromatic N) is 1. The number of pyridine rings is 1. The zero-order valence-corrected chi connectivity index (χ0v) is 13.8. The van der Waals surface area contributed by atoms with Crippen LogP contribution in [0.3, 0.4) is 0 Å². The average Bonchev–Trinajstić information content (AvgIpc) is 2.64. The first-order chi connectivity index (χ1) is 12.2. The van der Waals surface area contributed by atoms with E-state index in [4.69, 9.17) is 0 Å². The number of carbonyl (C=O) groups excluding carboxylic acids is 1. The van der Waals surface area contributed by atoms with Crippen molar-refractivity contribution in [2.45, 2.75) is 13.3 Å². The minimum absolute atomic E-state index is 0.300. The van der Waals surface area contributed by atoms with E-state index in [1.54, 1.807) is 12.3 Å². The molecule has 0 unspecified atom stereocenters. The molecular formula is C20H18FN3O. The van der Waals surface area contributed by atoms with Crippen molar-refractivity contribution in [2.75, 3.05) is 10.6 Å². The van der Waals surface area contributed by atoms with Crippen molar-refractivity contribution < 1.29 is 9.18 Å². The van der Waals surface area contributed by atoms with E-state index < -0.39 is 0 Å². The first-order valence-electron chi connectivity index (χ1n) is 8.02. The lowest BCUT2D eigenvalue weighted by atomic mass is 10.1. The van der Waals surface area contributed by atoms with E-state index in [2.05, 4.69) is 28.6 Å². The Labute approximate surface area is 145 Å². The van der Waals surface area contributed by atoms with E-state index in [-0.39, 0.29) is 11.7 Å². The molecule has 4 nitrogen and oxygen atoms in total. The van der Waals surface area contributed by atoms with Crippen molar-refractivity contribution in [3.63, 3.8) is 0 Å². The van der Waals surface area contributed by atoms with Crippen LogP contribution in [0.5, 0.6) is 0 Å². The smallest absolute Gasteiger partial charge is 0.257 e. The summed E-state index contributed by atoms with van der Waals surface area (Å²) in [5.74, 6) is -0.646. The van der Waals surface area contributed by atoms with Gasteiger partial charge in [0.25, 0.3) is 5.91 Å².